The second-order valence-corrected chi connectivity index (χ2v) is 16.5. The van der Waals surface area contributed by atoms with Crippen molar-refractivity contribution in [2.75, 3.05) is 251 Å². The standard InChI is InChI=1S/C53H100O20/c1-4-6-7-12-53(3,5-2)51-8-10-52(11-9-51)73-50-49-72-48-47-71-46-45-70-44-43-69-42-41-68-40-39-67-38-37-66-36-35-65-34-33-64-32-31-63-30-29-62-28-27-61-26-25-60-24-23-59-22-21-58-20-19-57-18-17-56-16-15-55-14-13-54/h8-11,54H,4-7,12-50H2,1-3H3. The maximum Gasteiger partial charge on any atom is 0.119 e. The highest BCUT2D eigenvalue weighted by molar-refractivity contribution is 5.32. The van der Waals surface area contributed by atoms with Gasteiger partial charge in [0, 0.05) is 0 Å². The Morgan fingerprint density at radius 1 is 0.301 bits per heavy atom. The van der Waals surface area contributed by atoms with E-state index in [9.17, 15) is 0 Å². The molecule has 1 aromatic carbocycles. The lowest BCUT2D eigenvalue weighted by Crippen LogP contribution is -2.20. The van der Waals surface area contributed by atoms with Crippen molar-refractivity contribution in [3.8, 4) is 5.75 Å². The van der Waals surface area contributed by atoms with Crippen molar-refractivity contribution in [2.45, 2.75) is 58.3 Å². The van der Waals surface area contributed by atoms with Gasteiger partial charge >= 0.3 is 0 Å². The third-order valence-corrected chi connectivity index (χ3v) is 10.7. The van der Waals surface area contributed by atoms with E-state index in [-0.39, 0.29) is 12.0 Å². The van der Waals surface area contributed by atoms with Crippen LogP contribution in [-0.2, 0) is 90.7 Å². The first-order valence-corrected chi connectivity index (χ1v) is 26.9. The van der Waals surface area contributed by atoms with Gasteiger partial charge in [0.1, 0.15) is 12.4 Å². The summed E-state index contributed by atoms with van der Waals surface area (Å²) in [6, 6.07) is 8.57. The van der Waals surface area contributed by atoms with Crippen LogP contribution in [0.25, 0.3) is 0 Å². The van der Waals surface area contributed by atoms with Crippen LogP contribution in [0.2, 0.25) is 0 Å². The van der Waals surface area contributed by atoms with E-state index in [0.29, 0.717) is 244 Å². The highest BCUT2D eigenvalue weighted by Crippen LogP contribution is 2.34. The molecule has 20 nitrogen and oxygen atoms in total. The van der Waals surface area contributed by atoms with Gasteiger partial charge in [-0.2, -0.15) is 0 Å². The van der Waals surface area contributed by atoms with Crippen LogP contribution in [0.5, 0.6) is 5.75 Å². The molecule has 0 aliphatic carbocycles. The average Bonchev–Trinajstić information content (AvgIpc) is 3.41. The first kappa shape index (κ1) is 69.3. The normalized spacial score (nSPS) is 12.5. The lowest BCUT2D eigenvalue weighted by Gasteiger charge is -2.29. The summed E-state index contributed by atoms with van der Waals surface area (Å²) in [6.45, 7) is 25.1. The molecule has 1 rings (SSSR count). The molecule has 0 spiro atoms. The SMILES string of the molecule is CCCCCC(C)(CC)c1ccc(OCCOCCOCCOCCOCCOCCOCCOCCOCCOCCOCCOCCOCCOCCOCCOCCOCCOCCOCCO)cc1. The zero-order chi connectivity index (χ0) is 52.3. The minimum atomic E-state index is 0.0199. The van der Waals surface area contributed by atoms with Gasteiger partial charge in [-0.1, -0.05) is 52.2 Å². The molecule has 20 heteroatoms. The van der Waals surface area contributed by atoms with Crippen LogP contribution < -0.4 is 4.74 Å². The maximum atomic E-state index is 8.61. The molecule has 0 heterocycles. The van der Waals surface area contributed by atoms with E-state index < -0.39 is 0 Å². The van der Waals surface area contributed by atoms with E-state index in [4.69, 9.17) is 95.1 Å². The first-order valence-electron chi connectivity index (χ1n) is 26.9. The molecule has 0 radical (unpaired) electrons. The summed E-state index contributed by atoms with van der Waals surface area (Å²) in [5.41, 5.74) is 1.61. The minimum absolute atomic E-state index is 0.0199. The van der Waals surface area contributed by atoms with Gasteiger partial charge in [-0.3, -0.25) is 0 Å². The van der Waals surface area contributed by atoms with E-state index in [2.05, 4.69) is 45.0 Å². The van der Waals surface area contributed by atoms with E-state index in [1.165, 1.54) is 31.2 Å². The van der Waals surface area contributed by atoms with Crippen LogP contribution in [0.1, 0.15) is 58.4 Å². The summed E-state index contributed by atoms with van der Waals surface area (Å²) in [7, 11) is 0. The fourth-order valence-electron chi connectivity index (χ4n) is 6.37. The van der Waals surface area contributed by atoms with E-state index in [1.807, 2.05) is 0 Å². The smallest absolute Gasteiger partial charge is 0.119 e. The highest BCUT2D eigenvalue weighted by atomic mass is 16.6. The first-order chi connectivity index (χ1) is 36.2. The van der Waals surface area contributed by atoms with Crippen LogP contribution in [0.15, 0.2) is 24.3 Å². The molecule has 0 aromatic heterocycles. The van der Waals surface area contributed by atoms with Gasteiger partial charge < -0.3 is 95.1 Å². The fourth-order valence-corrected chi connectivity index (χ4v) is 6.37. The van der Waals surface area contributed by atoms with Gasteiger partial charge in [0.15, 0.2) is 0 Å². The summed E-state index contributed by atoms with van der Waals surface area (Å²) in [5, 5.41) is 8.61. The molecule has 0 saturated heterocycles. The number of rotatable bonds is 63. The van der Waals surface area contributed by atoms with Crippen molar-refractivity contribution < 1.29 is 95.1 Å². The van der Waals surface area contributed by atoms with Crippen LogP contribution >= 0.6 is 0 Å². The lowest BCUT2D eigenvalue weighted by molar-refractivity contribution is -0.0311. The largest absolute Gasteiger partial charge is 0.491 e. The Hall–Kier alpha value is -1.74. The molecule has 0 amide bonds. The predicted octanol–water partition coefficient (Wildman–Crippen LogP) is 4.60. The Labute approximate surface area is 439 Å². The molecule has 0 bridgehead atoms. The second kappa shape index (κ2) is 58.0. The van der Waals surface area contributed by atoms with Gasteiger partial charge in [-0.05, 0) is 36.0 Å². The van der Waals surface area contributed by atoms with Gasteiger partial charge in [-0.15, -0.1) is 0 Å². The quantitative estimate of drug-likeness (QED) is 0.0888. The summed E-state index contributed by atoms with van der Waals surface area (Å²) in [5.74, 6) is 0.875. The molecule has 1 aromatic rings. The average molecular weight is 1060 g/mol. The molecule has 73 heavy (non-hydrogen) atoms. The fraction of sp³-hybridized carbons (Fsp3) is 0.887. The van der Waals surface area contributed by atoms with Crippen LogP contribution in [-0.4, -0.2) is 256 Å². The highest BCUT2D eigenvalue weighted by Gasteiger charge is 2.23. The van der Waals surface area contributed by atoms with Crippen molar-refractivity contribution in [2.24, 2.45) is 0 Å². The Kier molecular flexibility index (Phi) is 55.0. The predicted molar refractivity (Wildman–Crippen MR) is 276 cm³/mol. The Bertz CT molecular complexity index is 1190. The summed E-state index contributed by atoms with van der Waals surface area (Å²) >= 11 is 0. The lowest BCUT2D eigenvalue weighted by atomic mass is 9.76. The minimum Gasteiger partial charge on any atom is -0.491 e. The van der Waals surface area contributed by atoms with Gasteiger partial charge in [-0.25, -0.2) is 0 Å². The zero-order valence-electron chi connectivity index (χ0n) is 45.4. The molecule has 0 fully saturated rings. The van der Waals surface area contributed by atoms with Crippen molar-refractivity contribution in [3.63, 3.8) is 0 Å². The Morgan fingerprint density at radius 3 is 0.726 bits per heavy atom. The maximum absolute atomic E-state index is 8.61. The van der Waals surface area contributed by atoms with Gasteiger partial charge in [0.05, 0.1) is 244 Å². The molecule has 1 N–H and O–H groups in total. The van der Waals surface area contributed by atoms with Gasteiger partial charge in [0.2, 0.25) is 0 Å². The summed E-state index contributed by atoms with van der Waals surface area (Å²) < 4.78 is 105. The number of ether oxygens (including phenoxy) is 19. The van der Waals surface area contributed by atoms with E-state index in [0.717, 1.165) is 12.2 Å². The second-order valence-electron chi connectivity index (χ2n) is 16.5. The van der Waals surface area contributed by atoms with Crippen molar-refractivity contribution in [3.05, 3.63) is 29.8 Å². The zero-order valence-corrected chi connectivity index (χ0v) is 45.4. The molecule has 0 aliphatic heterocycles. The number of unbranched alkanes of at least 4 members (excludes halogenated alkanes) is 2. The summed E-state index contributed by atoms with van der Waals surface area (Å²) in [6.07, 6.45) is 6.17. The monoisotopic (exact) mass is 1060 g/mol. The molecular weight excluding hydrogens is 957 g/mol. The molecule has 1 unspecified atom stereocenters. The number of benzene rings is 1. The van der Waals surface area contributed by atoms with Crippen molar-refractivity contribution in [1.29, 1.82) is 0 Å². The third-order valence-electron chi connectivity index (χ3n) is 10.7. The van der Waals surface area contributed by atoms with Crippen LogP contribution in [0.3, 0.4) is 0 Å². The van der Waals surface area contributed by atoms with Crippen LogP contribution in [0, 0.1) is 0 Å². The van der Waals surface area contributed by atoms with Crippen molar-refractivity contribution >= 4 is 0 Å². The van der Waals surface area contributed by atoms with Crippen LogP contribution in [0.4, 0.5) is 0 Å². The Morgan fingerprint density at radius 2 is 0.521 bits per heavy atom. The summed E-state index contributed by atoms with van der Waals surface area (Å²) in [4.78, 5) is 0. The van der Waals surface area contributed by atoms with Gasteiger partial charge in [0.25, 0.3) is 0 Å². The number of hydrogen-bond donors (Lipinski definition) is 1. The molecule has 0 aliphatic rings. The topological polar surface area (TPSA) is 196 Å². The molecule has 1 atom stereocenters. The number of aliphatic hydroxyl groups is 1. The number of aliphatic hydroxyl groups excluding tert-OH is 1. The third kappa shape index (κ3) is 49.6. The molecule has 432 valence electrons. The molecule has 0 saturated carbocycles. The number of hydrogen-bond acceptors (Lipinski definition) is 20. The van der Waals surface area contributed by atoms with E-state index >= 15 is 0 Å². The Balaban J connectivity index is 1.65. The van der Waals surface area contributed by atoms with E-state index in [1.54, 1.807) is 0 Å². The van der Waals surface area contributed by atoms with Crippen molar-refractivity contribution in [1.82, 2.24) is 0 Å². The molecular formula is C53H100O20.